The molecule has 0 aliphatic carbocycles. The molecule has 0 fully saturated rings. The molecule has 0 radical (unpaired) electrons. The van der Waals surface area contributed by atoms with Gasteiger partial charge in [0, 0.05) is 10.9 Å². The highest BCUT2D eigenvalue weighted by atomic mass is 35.5. The van der Waals surface area contributed by atoms with Gasteiger partial charge in [0.1, 0.15) is 0 Å². The summed E-state index contributed by atoms with van der Waals surface area (Å²) in [6, 6.07) is 7.92. The van der Waals surface area contributed by atoms with Gasteiger partial charge in [-0.2, -0.15) is 0 Å². The monoisotopic (exact) mass is 244 g/mol. The minimum absolute atomic E-state index is 0.0463. The van der Waals surface area contributed by atoms with E-state index in [2.05, 4.69) is 19.6 Å². The number of rotatable bonds is 2. The molecule has 3 heteroatoms. The van der Waals surface area contributed by atoms with E-state index in [9.17, 15) is 4.79 Å². The summed E-state index contributed by atoms with van der Waals surface area (Å²) in [6.45, 7) is 5.76. The van der Waals surface area contributed by atoms with Gasteiger partial charge in [0.15, 0.2) is 5.12 Å². The van der Waals surface area contributed by atoms with Crippen LogP contribution >= 0.6 is 24.2 Å². The molecule has 15 heavy (non-hydrogen) atoms. The maximum Gasteiger partial charge on any atom is 0.188 e. The van der Waals surface area contributed by atoms with E-state index >= 15 is 0 Å². The molecule has 1 rings (SSSR count). The maximum atomic E-state index is 10.0. The van der Waals surface area contributed by atoms with Crippen molar-refractivity contribution in [2.45, 2.75) is 27.2 Å². The summed E-state index contributed by atoms with van der Waals surface area (Å²) in [7, 11) is 0. The summed E-state index contributed by atoms with van der Waals surface area (Å²) >= 11 is 9.22. The van der Waals surface area contributed by atoms with E-state index in [-0.39, 0.29) is 11.0 Å². The average molecular weight is 245 g/mol. The fourth-order valence-corrected chi connectivity index (χ4v) is 0.846. The highest BCUT2D eigenvalue weighted by Crippen LogP contribution is 2.09. The van der Waals surface area contributed by atoms with Gasteiger partial charge >= 0.3 is 0 Å². The van der Waals surface area contributed by atoms with Crippen molar-refractivity contribution in [1.82, 2.24) is 0 Å². The number of carbonyl (C=O) groups is 1. The first-order chi connectivity index (χ1) is 6.97. The van der Waals surface area contributed by atoms with Gasteiger partial charge in [-0.25, -0.2) is 0 Å². The van der Waals surface area contributed by atoms with Crippen molar-refractivity contribution in [1.29, 1.82) is 0 Å². The average Bonchev–Trinajstić information content (AvgIpc) is 2.20. The van der Waals surface area contributed by atoms with Crippen molar-refractivity contribution < 1.29 is 4.79 Å². The fraction of sp³-hybridized carbons (Fsp3) is 0.417. The van der Waals surface area contributed by atoms with Crippen LogP contribution in [0.3, 0.4) is 0 Å². The van der Waals surface area contributed by atoms with E-state index in [0.29, 0.717) is 0 Å². The largest absolute Gasteiger partial charge is 0.287 e. The smallest absolute Gasteiger partial charge is 0.188 e. The second-order valence-electron chi connectivity index (χ2n) is 3.47. The van der Waals surface area contributed by atoms with Crippen molar-refractivity contribution >= 4 is 29.3 Å². The lowest BCUT2D eigenvalue weighted by Crippen LogP contribution is -1.95. The van der Waals surface area contributed by atoms with Crippen LogP contribution < -0.4 is 0 Å². The standard InChI is InChI=1S/C8H9Cl.C4H8OS/c1-2-7-3-5-8(9)6-4-7;1-3(2)4(5)6/h3-6H,2H2,1H3;3H,1-2H3,(H,5,6). The third kappa shape index (κ3) is 7.46. The predicted molar refractivity (Wildman–Crippen MR) is 69.7 cm³/mol. The summed E-state index contributed by atoms with van der Waals surface area (Å²) in [5, 5.41) is 0.766. The summed E-state index contributed by atoms with van der Waals surface area (Å²) in [5.41, 5.74) is 1.33. The molecule has 0 unspecified atom stereocenters. The zero-order chi connectivity index (χ0) is 11.8. The Hall–Kier alpha value is -0.470. The molecular formula is C12H17ClOS. The van der Waals surface area contributed by atoms with Gasteiger partial charge in [0.05, 0.1) is 0 Å². The molecule has 0 aliphatic heterocycles. The number of benzene rings is 1. The van der Waals surface area contributed by atoms with E-state index in [4.69, 9.17) is 11.6 Å². The Bertz CT molecular complexity index is 293. The van der Waals surface area contributed by atoms with E-state index in [1.807, 2.05) is 38.1 Å². The first-order valence-corrected chi connectivity index (χ1v) is 5.77. The van der Waals surface area contributed by atoms with Gasteiger partial charge in [-0.15, -0.1) is 12.6 Å². The first kappa shape index (κ1) is 14.5. The number of hydrogen-bond donors (Lipinski definition) is 1. The predicted octanol–water partition coefficient (Wildman–Crippen LogP) is 4.00. The Morgan fingerprint density at radius 1 is 1.33 bits per heavy atom. The lowest BCUT2D eigenvalue weighted by molar-refractivity contribution is -0.113. The molecule has 0 bridgehead atoms. The van der Waals surface area contributed by atoms with E-state index in [1.165, 1.54) is 5.56 Å². The first-order valence-electron chi connectivity index (χ1n) is 4.94. The lowest BCUT2D eigenvalue weighted by atomic mass is 10.2. The van der Waals surface area contributed by atoms with Crippen LogP contribution in [0, 0.1) is 5.92 Å². The molecule has 84 valence electrons. The molecule has 0 aromatic heterocycles. The van der Waals surface area contributed by atoms with Gasteiger partial charge in [-0.05, 0) is 24.1 Å². The summed E-state index contributed by atoms with van der Waals surface area (Å²) in [4.78, 5) is 10.0. The minimum atomic E-state index is -0.0463. The number of carbonyl (C=O) groups excluding carboxylic acids is 1. The van der Waals surface area contributed by atoms with E-state index in [0.717, 1.165) is 11.4 Å². The van der Waals surface area contributed by atoms with Crippen LogP contribution in [-0.4, -0.2) is 5.12 Å². The molecule has 0 saturated carbocycles. The molecular weight excluding hydrogens is 228 g/mol. The molecule has 0 saturated heterocycles. The van der Waals surface area contributed by atoms with Crippen molar-refractivity contribution in [3.8, 4) is 0 Å². The van der Waals surface area contributed by atoms with Gasteiger partial charge in [0.25, 0.3) is 0 Å². The molecule has 0 N–H and O–H groups in total. The van der Waals surface area contributed by atoms with E-state index < -0.39 is 0 Å². The second kappa shape index (κ2) is 7.77. The topological polar surface area (TPSA) is 17.1 Å². The Labute approximate surface area is 102 Å². The lowest BCUT2D eigenvalue weighted by Gasteiger charge is -1.93. The van der Waals surface area contributed by atoms with Crippen LogP contribution in [0.25, 0.3) is 0 Å². The molecule has 0 spiro atoms. The Morgan fingerprint density at radius 2 is 1.73 bits per heavy atom. The van der Waals surface area contributed by atoms with Crippen molar-refractivity contribution in [3.63, 3.8) is 0 Å². The van der Waals surface area contributed by atoms with Gasteiger partial charge < -0.3 is 0 Å². The highest BCUT2D eigenvalue weighted by molar-refractivity contribution is 7.96. The fourth-order valence-electron chi connectivity index (χ4n) is 0.720. The SMILES string of the molecule is CC(C)C(=O)S.CCc1ccc(Cl)cc1. The highest BCUT2D eigenvalue weighted by Gasteiger charge is 1.96. The molecule has 0 atom stereocenters. The number of aryl methyl sites for hydroxylation is 1. The number of hydrogen-bond acceptors (Lipinski definition) is 1. The molecule has 1 aromatic carbocycles. The van der Waals surface area contributed by atoms with Crippen LogP contribution in [-0.2, 0) is 11.2 Å². The van der Waals surface area contributed by atoms with E-state index in [1.54, 1.807) is 0 Å². The number of halogens is 1. The minimum Gasteiger partial charge on any atom is -0.287 e. The van der Waals surface area contributed by atoms with Crippen LogP contribution in [0.1, 0.15) is 26.3 Å². The molecule has 0 aliphatic rings. The van der Waals surface area contributed by atoms with Crippen LogP contribution in [0.2, 0.25) is 5.02 Å². The molecule has 1 aromatic rings. The zero-order valence-corrected chi connectivity index (χ0v) is 11.0. The van der Waals surface area contributed by atoms with Crippen molar-refractivity contribution in [2.75, 3.05) is 0 Å². The van der Waals surface area contributed by atoms with Crippen LogP contribution in [0.4, 0.5) is 0 Å². The zero-order valence-electron chi connectivity index (χ0n) is 9.33. The van der Waals surface area contributed by atoms with Crippen molar-refractivity contribution in [2.24, 2.45) is 5.92 Å². The summed E-state index contributed by atoms with van der Waals surface area (Å²) < 4.78 is 0. The molecule has 1 nitrogen and oxygen atoms in total. The van der Waals surface area contributed by atoms with Gasteiger partial charge in [0.2, 0.25) is 0 Å². The molecule has 0 amide bonds. The number of thiol groups is 1. The maximum absolute atomic E-state index is 10.0. The summed E-state index contributed by atoms with van der Waals surface area (Å²) in [6.07, 6.45) is 1.08. The Balaban J connectivity index is 0.000000288. The quantitative estimate of drug-likeness (QED) is 0.779. The third-order valence-electron chi connectivity index (χ3n) is 1.82. The third-order valence-corrected chi connectivity index (χ3v) is 2.58. The normalized spacial score (nSPS) is 9.47. The second-order valence-corrected chi connectivity index (χ2v) is 4.35. The van der Waals surface area contributed by atoms with Crippen LogP contribution in [0.5, 0.6) is 0 Å². The van der Waals surface area contributed by atoms with Gasteiger partial charge in [-0.3, -0.25) is 4.79 Å². The van der Waals surface area contributed by atoms with Crippen LogP contribution in [0.15, 0.2) is 24.3 Å². The van der Waals surface area contributed by atoms with Gasteiger partial charge in [-0.1, -0.05) is 44.5 Å². The van der Waals surface area contributed by atoms with Crippen molar-refractivity contribution in [3.05, 3.63) is 34.9 Å². The Kier molecular flexibility index (Phi) is 7.53. The summed E-state index contributed by atoms with van der Waals surface area (Å²) in [5.74, 6) is 0.0772. The molecule has 0 heterocycles. The Morgan fingerprint density at radius 3 is 2.00 bits per heavy atom.